The lowest BCUT2D eigenvalue weighted by molar-refractivity contribution is -0.140. The van der Waals surface area contributed by atoms with Crippen LogP contribution in [0.15, 0.2) is 60.8 Å². The molecule has 0 fully saturated rings. The summed E-state index contributed by atoms with van der Waals surface area (Å²) in [6.07, 6.45) is -3.30. The summed E-state index contributed by atoms with van der Waals surface area (Å²) in [6.45, 7) is 6.24. The highest BCUT2D eigenvalue weighted by molar-refractivity contribution is 6.32. The van der Waals surface area contributed by atoms with Crippen molar-refractivity contribution in [2.45, 2.75) is 45.3 Å². The zero-order chi connectivity index (χ0) is 27.8. The molecule has 0 atom stereocenters. The summed E-state index contributed by atoms with van der Waals surface area (Å²) in [5, 5.41) is 0.325. The molecule has 0 aliphatic heterocycles. The van der Waals surface area contributed by atoms with Gasteiger partial charge in [-0.1, -0.05) is 62.7 Å². The molecule has 1 N–H and O–H groups in total. The molecular weight excluding hydrogens is 523 g/mol. The van der Waals surface area contributed by atoms with E-state index in [0.29, 0.717) is 5.39 Å². The molecule has 3 aromatic carbocycles. The van der Waals surface area contributed by atoms with Gasteiger partial charge in [0.25, 0.3) is 5.91 Å². The SMILES string of the molecule is CC(C)(C)c1ccc(CN(CCc2ccc(F)c(C(F)(F)F)c2)C(=O)c2c(F)c(Cl)cc3cc[nH]c23)cc1. The number of carbonyl (C=O) groups excluding carboxylic acids is 1. The van der Waals surface area contributed by atoms with Crippen molar-refractivity contribution < 1.29 is 26.7 Å². The number of aromatic amines is 1. The van der Waals surface area contributed by atoms with Crippen molar-refractivity contribution in [3.63, 3.8) is 0 Å². The smallest absolute Gasteiger partial charge is 0.360 e. The van der Waals surface area contributed by atoms with Crippen LogP contribution in [-0.4, -0.2) is 22.3 Å². The van der Waals surface area contributed by atoms with Crippen molar-refractivity contribution in [3.8, 4) is 0 Å². The Morgan fingerprint density at radius 1 is 0.947 bits per heavy atom. The number of H-pyrrole nitrogens is 1. The number of rotatable bonds is 6. The number of benzene rings is 3. The van der Waals surface area contributed by atoms with Crippen molar-refractivity contribution in [2.24, 2.45) is 0 Å². The van der Waals surface area contributed by atoms with Crippen LogP contribution in [0.4, 0.5) is 22.0 Å². The Bertz CT molecular complexity index is 1470. The fraction of sp³-hybridized carbons (Fsp3) is 0.276. The first-order valence-electron chi connectivity index (χ1n) is 11.9. The summed E-state index contributed by atoms with van der Waals surface area (Å²) in [5.41, 5.74) is 0.585. The monoisotopic (exact) mass is 548 g/mol. The average molecular weight is 549 g/mol. The van der Waals surface area contributed by atoms with E-state index in [1.54, 1.807) is 12.3 Å². The van der Waals surface area contributed by atoms with Gasteiger partial charge in [-0.2, -0.15) is 13.2 Å². The van der Waals surface area contributed by atoms with Crippen LogP contribution < -0.4 is 0 Å². The predicted octanol–water partition coefficient (Wildman–Crippen LogP) is 8.30. The van der Waals surface area contributed by atoms with Crippen LogP contribution in [-0.2, 0) is 24.6 Å². The van der Waals surface area contributed by atoms with Crippen molar-refractivity contribution in [3.05, 3.63) is 105 Å². The predicted molar refractivity (Wildman–Crippen MR) is 138 cm³/mol. The fourth-order valence-corrected chi connectivity index (χ4v) is 4.51. The Hall–Kier alpha value is -3.39. The van der Waals surface area contributed by atoms with Gasteiger partial charge in [0.2, 0.25) is 0 Å². The molecule has 3 nitrogen and oxygen atoms in total. The van der Waals surface area contributed by atoms with Crippen LogP contribution in [0.5, 0.6) is 0 Å². The van der Waals surface area contributed by atoms with Gasteiger partial charge >= 0.3 is 6.18 Å². The van der Waals surface area contributed by atoms with Crippen molar-refractivity contribution in [1.82, 2.24) is 9.88 Å². The second kappa shape index (κ2) is 10.4. The normalized spacial score (nSPS) is 12.2. The van der Waals surface area contributed by atoms with E-state index >= 15 is 4.39 Å². The minimum atomic E-state index is -4.85. The number of amides is 1. The van der Waals surface area contributed by atoms with Crippen LogP contribution in [0, 0.1) is 11.6 Å². The number of nitrogens with one attached hydrogen (secondary N) is 1. The summed E-state index contributed by atoms with van der Waals surface area (Å²) < 4.78 is 68.6. The Kier molecular flexibility index (Phi) is 7.57. The number of nitrogens with zero attached hydrogens (tertiary/aromatic N) is 1. The topological polar surface area (TPSA) is 36.1 Å². The maximum absolute atomic E-state index is 15.2. The van der Waals surface area contributed by atoms with Crippen LogP contribution in [0.3, 0.4) is 0 Å². The summed E-state index contributed by atoms with van der Waals surface area (Å²) in [4.78, 5) is 18.0. The Balaban J connectivity index is 1.69. The second-order valence-corrected chi connectivity index (χ2v) is 10.6. The highest BCUT2D eigenvalue weighted by Crippen LogP contribution is 2.33. The second-order valence-electron chi connectivity index (χ2n) is 10.2. The molecule has 9 heteroatoms. The number of hydrogen-bond donors (Lipinski definition) is 1. The highest BCUT2D eigenvalue weighted by atomic mass is 35.5. The standard InChI is InChI=1S/C29H26ClF5N2O/c1-28(2,3)20-7-4-18(5-8-20)16-37(13-11-17-6-9-23(31)21(14-17)29(33,34)35)27(38)24-25(32)22(30)15-19-10-12-36-26(19)24/h4-10,12,14-15,36H,11,13,16H2,1-3H3. The van der Waals surface area contributed by atoms with E-state index in [9.17, 15) is 22.4 Å². The van der Waals surface area contributed by atoms with Crippen LogP contribution in [0.25, 0.3) is 10.9 Å². The highest BCUT2D eigenvalue weighted by Gasteiger charge is 2.34. The molecule has 4 rings (SSSR count). The van der Waals surface area contributed by atoms with E-state index in [2.05, 4.69) is 25.8 Å². The van der Waals surface area contributed by atoms with Crippen LogP contribution >= 0.6 is 11.6 Å². The molecule has 0 unspecified atom stereocenters. The lowest BCUT2D eigenvalue weighted by Crippen LogP contribution is -2.33. The molecule has 1 amide bonds. The third-order valence-electron chi connectivity index (χ3n) is 6.44. The van der Waals surface area contributed by atoms with Crippen molar-refractivity contribution in [2.75, 3.05) is 6.54 Å². The molecular formula is C29H26ClF5N2O. The Morgan fingerprint density at radius 2 is 1.61 bits per heavy atom. The van der Waals surface area contributed by atoms with Crippen molar-refractivity contribution >= 4 is 28.4 Å². The first-order chi connectivity index (χ1) is 17.8. The first kappa shape index (κ1) is 27.6. The van der Waals surface area contributed by atoms with E-state index in [1.807, 2.05) is 24.3 Å². The van der Waals surface area contributed by atoms with E-state index in [1.165, 1.54) is 17.0 Å². The van der Waals surface area contributed by atoms with Gasteiger partial charge in [-0.3, -0.25) is 4.79 Å². The van der Waals surface area contributed by atoms with Gasteiger partial charge in [-0.15, -0.1) is 0 Å². The lowest BCUT2D eigenvalue weighted by atomic mass is 9.87. The number of fused-ring (bicyclic) bond motifs is 1. The van der Waals surface area contributed by atoms with Gasteiger partial charge < -0.3 is 9.88 Å². The molecule has 200 valence electrons. The summed E-state index contributed by atoms with van der Waals surface area (Å²) in [6, 6.07) is 13.4. The molecule has 0 bridgehead atoms. The molecule has 0 radical (unpaired) electrons. The minimum Gasteiger partial charge on any atom is -0.360 e. The van der Waals surface area contributed by atoms with E-state index in [-0.39, 0.29) is 46.6 Å². The van der Waals surface area contributed by atoms with Gasteiger partial charge in [-0.05, 0) is 52.8 Å². The van der Waals surface area contributed by atoms with Crippen LogP contribution in [0.2, 0.25) is 5.02 Å². The maximum atomic E-state index is 15.2. The summed E-state index contributed by atoms with van der Waals surface area (Å²) in [5.74, 6) is -2.93. The van der Waals surface area contributed by atoms with Gasteiger partial charge in [0.05, 0.1) is 16.1 Å². The number of carbonyl (C=O) groups is 1. The molecule has 1 aromatic heterocycles. The van der Waals surface area contributed by atoms with E-state index in [4.69, 9.17) is 11.6 Å². The quantitative estimate of drug-likeness (QED) is 0.242. The molecule has 0 saturated heterocycles. The summed E-state index contributed by atoms with van der Waals surface area (Å²) >= 11 is 6.06. The minimum absolute atomic E-state index is 0.00870. The zero-order valence-electron chi connectivity index (χ0n) is 21.0. The lowest BCUT2D eigenvalue weighted by Gasteiger charge is -2.25. The number of alkyl halides is 3. The van der Waals surface area contributed by atoms with Gasteiger partial charge in [-0.25, -0.2) is 8.78 Å². The molecule has 38 heavy (non-hydrogen) atoms. The molecule has 0 saturated carbocycles. The summed E-state index contributed by atoms with van der Waals surface area (Å²) in [7, 11) is 0. The number of halogens is 6. The van der Waals surface area contributed by atoms with E-state index < -0.39 is 29.3 Å². The Morgan fingerprint density at radius 3 is 2.24 bits per heavy atom. The molecule has 4 aromatic rings. The van der Waals surface area contributed by atoms with E-state index in [0.717, 1.165) is 23.3 Å². The number of aromatic nitrogens is 1. The number of hydrogen-bond acceptors (Lipinski definition) is 1. The van der Waals surface area contributed by atoms with Crippen LogP contribution in [0.1, 0.15) is 53.4 Å². The van der Waals surface area contributed by atoms with Crippen molar-refractivity contribution in [1.29, 1.82) is 0 Å². The largest absolute Gasteiger partial charge is 0.419 e. The Labute approximate surface area is 222 Å². The average Bonchev–Trinajstić information content (AvgIpc) is 3.29. The zero-order valence-corrected chi connectivity index (χ0v) is 21.8. The van der Waals surface area contributed by atoms with Gasteiger partial charge in [0.1, 0.15) is 11.4 Å². The molecule has 1 heterocycles. The third kappa shape index (κ3) is 5.85. The van der Waals surface area contributed by atoms with Gasteiger partial charge in [0, 0.05) is 24.7 Å². The fourth-order valence-electron chi connectivity index (χ4n) is 4.30. The molecule has 0 aliphatic rings. The first-order valence-corrected chi connectivity index (χ1v) is 12.3. The molecule has 0 spiro atoms. The van der Waals surface area contributed by atoms with Gasteiger partial charge in [0.15, 0.2) is 5.82 Å². The maximum Gasteiger partial charge on any atom is 0.419 e. The third-order valence-corrected chi connectivity index (χ3v) is 6.72. The molecule has 0 aliphatic carbocycles.